The molecule has 9 heteroatoms. The van der Waals surface area contributed by atoms with Gasteiger partial charge in [0, 0.05) is 0 Å². The molecule has 0 bridgehead atoms. The molecule has 0 unspecified atom stereocenters. The van der Waals surface area contributed by atoms with E-state index in [1.807, 2.05) is 0 Å². The number of hydrogen-bond donors (Lipinski definition) is 3. The molecular formula is C15H9Cl2N5OS. The van der Waals surface area contributed by atoms with Crippen molar-refractivity contribution in [1.29, 1.82) is 0 Å². The molecule has 0 aliphatic carbocycles. The summed E-state index contributed by atoms with van der Waals surface area (Å²) in [6, 6.07) is 10.0. The van der Waals surface area contributed by atoms with Crippen LogP contribution in [0.2, 0.25) is 10.0 Å². The maximum atomic E-state index is 10.1. The van der Waals surface area contributed by atoms with Crippen molar-refractivity contribution in [3.63, 3.8) is 0 Å². The fourth-order valence-corrected chi connectivity index (χ4v) is 2.75. The van der Waals surface area contributed by atoms with Crippen LogP contribution in [-0.4, -0.2) is 13.9 Å². The van der Waals surface area contributed by atoms with Gasteiger partial charge in [-0.3, -0.25) is 0 Å². The lowest BCUT2D eigenvalue weighted by atomic mass is 10.2. The summed E-state index contributed by atoms with van der Waals surface area (Å²) in [7, 11) is 0. The van der Waals surface area contributed by atoms with E-state index >= 15 is 0 Å². The van der Waals surface area contributed by atoms with Gasteiger partial charge in [-0.2, -0.15) is 8.75 Å². The summed E-state index contributed by atoms with van der Waals surface area (Å²) < 4.78 is 8.31. The topological polar surface area (TPSA) is 74.4 Å². The zero-order valence-corrected chi connectivity index (χ0v) is 14.2. The summed E-state index contributed by atoms with van der Waals surface area (Å²) in [5.74, 6) is 0.678. The molecule has 0 aliphatic rings. The van der Waals surface area contributed by atoms with Crippen molar-refractivity contribution in [2.24, 2.45) is 0 Å². The van der Waals surface area contributed by atoms with Crippen molar-refractivity contribution in [3.8, 4) is 5.75 Å². The minimum absolute atomic E-state index is 0.146. The lowest BCUT2D eigenvalue weighted by Gasteiger charge is -2.10. The Morgan fingerprint density at radius 1 is 1.00 bits per heavy atom. The number of hydrogen-bond acceptors (Lipinski definition) is 6. The number of anilines is 4. The van der Waals surface area contributed by atoms with Crippen LogP contribution in [-0.2, 0) is 0 Å². The van der Waals surface area contributed by atoms with E-state index in [-0.39, 0.29) is 11.4 Å². The van der Waals surface area contributed by atoms with Gasteiger partial charge in [-0.15, -0.1) is 0 Å². The Kier molecular flexibility index (Phi) is 4.71. The number of para-hydroxylation sites is 1. The van der Waals surface area contributed by atoms with E-state index in [0.717, 1.165) is 11.7 Å². The third-order valence-corrected chi connectivity index (χ3v) is 4.43. The molecule has 3 N–H and O–H groups in total. The van der Waals surface area contributed by atoms with Crippen LogP contribution < -0.4 is 10.6 Å². The maximum Gasteiger partial charge on any atom is 0.230 e. The van der Waals surface area contributed by atoms with E-state index in [2.05, 4.69) is 24.2 Å². The molecule has 0 saturated heterocycles. The molecule has 1 heterocycles. The highest BCUT2D eigenvalue weighted by molar-refractivity contribution is 6.99. The first-order chi connectivity index (χ1) is 11.6. The van der Waals surface area contributed by atoms with Gasteiger partial charge in [0.05, 0.1) is 39.7 Å². The predicted octanol–water partition coefficient (Wildman–Crippen LogP) is 5.59. The van der Waals surface area contributed by atoms with Gasteiger partial charge in [-0.05, 0) is 18.2 Å². The second-order valence-electron chi connectivity index (χ2n) is 4.60. The summed E-state index contributed by atoms with van der Waals surface area (Å²) in [6.07, 6.45) is 0. The largest absolute Gasteiger partial charge is 0.517 e. The van der Waals surface area contributed by atoms with Crippen LogP contribution in [0.25, 0.3) is 4.85 Å². The van der Waals surface area contributed by atoms with Crippen LogP contribution in [0.5, 0.6) is 5.75 Å². The molecule has 1 aromatic heterocycles. The minimum Gasteiger partial charge on any atom is -0.517 e. The standard InChI is InChI=1S/C15H9Cl2N5OS/c1-18-10-6-3-7-11(13(10)23)20-15-14(21-24-22-15)19-9-5-2-4-8(16)12(9)17/h2-7,23H,(H,19,21)(H,20,22). The number of nitrogens with one attached hydrogen (secondary N) is 2. The number of benzene rings is 2. The second-order valence-corrected chi connectivity index (χ2v) is 5.91. The number of aromatic nitrogens is 2. The Morgan fingerprint density at radius 3 is 2.33 bits per heavy atom. The molecule has 24 heavy (non-hydrogen) atoms. The number of phenols is 1. The molecule has 0 fully saturated rings. The lowest BCUT2D eigenvalue weighted by molar-refractivity contribution is 0.481. The molecule has 0 spiro atoms. The van der Waals surface area contributed by atoms with Crippen molar-refractivity contribution < 1.29 is 5.11 Å². The zero-order chi connectivity index (χ0) is 17.1. The van der Waals surface area contributed by atoms with Crippen molar-refractivity contribution in [3.05, 3.63) is 57.9 Å². The summed E-state index contributed by atoms with van der Waals surface area (Å²) >= 11 is 13.1. The van der Waals surface area contributed by atoms with Crippen molar-refractivity contribution >= 4 is 63.6 Å². The monoisotopic (exact) mass is 377 g/mol. The average molecular weight is 378 g/mol. The molecule has 3 aromatic rings. The zero-order valence-electron chi connectivity index (χ0n) is 11.9. The number of nitrogens with zero attached hydrogens (tertiary/aromatic N) is 3. The highest BCUT2D eigenvalue weighted by atomic mass is 35.5. The Labute approximate surface area is 151 Å². The number of aromatic hydroxyl groups is 1. The Balaban J connectivity index is 1.89. The molecule has 0 aliphatic heterocycles. The molecule has 0 radical (unpaired) electrons. The molecule has 2 aromatic carbocycles. The SMILES string of the molecule is [C-]#[N+]c1cccc(Nc2nsnc2Nc2cccc(Cl)c2Cl)c1O. The minimum atomic E-state index is -0.146. The van der Waals surface area contributed by atoms with Gasteiger partial charge >= 0.3 is 0 Å². The number of rotatable bonds is 4. The molecule has 0 atom stereocenters. The first-order valence-corrected chi connectivity index (χ1v) is 8.09. The van der Waals surface area contributed by atoms with Crippen molar-refractivity contribution in [2.75, 3.05) is 10.6 Å². The molecular weight excluding hydrogens is 369 g/mol. The van der Waals surface area contributed by atoms with Crippen LogP contribution in [0.4, 0.5) is 28.7 Å². The highest BCUT2D eigenvalue weighted by Crippen LogP contribution is 2.38. The fraction of sp³-hybridized carbons (Fsp3) is 0. The van der Waals surface area contributed by atoms with Gasteiger partial charge in [-0.25, -0.2) is 4.85 Å². The Bertz CT molecular complexity index is 938. The van der Waals surface area contributed by atoms with E-state index in [1.165, 1.54) is 6.07 Å². The first-order valence-electron chi connectivity index (χ1n) is 6.60. The highest BCUT2D eigenvalue weighted by Gasteiger charge is 2.14. The van der Waals surface area contributed by atoms with E-state index in [1.54, 1.807) is 30.3 Å². The van der Waals surface area contributed by atoms with E-state index in [9.17, 15) is 5.11 Å². The average Bonchev–Trinajstić information content (AvgIpc) is 3.01. The third-order valence-electron chi connectivity index (χ3n) is 3.08. The Hall–Kier alpha value is -2.53. The normalized spacial score (nSPS) is 10.2. The first kappa shape index (κ1) is 16.3. The van der Waals surface area contributed by atoms with Gasteiger partial charge in [0.1, 0.15) is 5.75 Å². The van der Waals surface area contributed by atoms with E-state index in [0.29, 0.717) is 33.1 Å². The van der Waals surface area contributed by atoms with Gasteiger partial charge in [-0.1, -0.05) is 41.4 Å². The van der Waals surface area contributed by atoms with Crippen LogP contribution in [0.3, 0.4) is 0 Å². The predicted molar refractivity (Wildman–Crippen MR) is 97.3 cm³/mol. The summed E-state index contributed by atoms with van der Waals surface area (Å²) in [6.45, 7) is 7.04. The summed E-state index contributed by atoms with van der Waals surface area (Å²) in [4.78, 5) is 3.25. The quantitative estimate of drug-likeness (QED) is 0.408. The molecule has 0 amide bonds. The molecule has 0 saturated carbocycles. The molecule has 120 valence electrons. The van der Waals surface area contributed by atoms with Gasteiger partial charge in [0.25, 0.3) is 0 Å². The van der Waals surface area contributed by atoms with Crippen LogP contribution in [0, 0.1) is 6.57 Å². The van der Waals surface area contributed by atoms with Crippen LogP contribution >= 0.6 is 34.9 Å². The summed E-state index contributed by atoms with van der Waals surface area (Å²) in [5, 5.41) is 16.9. The van der Waals surface area contributed by atoms with Gasteiger partial charge in [0.2, 0.25) is 5.69 Å². The Morgan fingerprint density at radius 2 is 1.62 bits per heavy atom. The van der Waals surface area contributed by atoms with Crippen molar-refractivity contribution in [2.45, 2.75) is 0 Å². The van der Waals surface area contributed by atoms with Crippen molar-refractivity contribution in [1.82, 2.24) is 8.75 Å². The molecule has 6 nitrogen and oxygen atoms in total. The van der Waals surface area contributed by atoms with Gasteiger partial charge < -0.3 is 15.7 Å². The number of halogens is 2. The fourth-order valence-electron chi connectivity index (χ4n) is 1.93. The smallest absolute Gasteiger partial charge is 0.230 e. The van der Waals surface area contributed by atoms with E-state index in [4.69, 9.17) is 29.8 Å². The van der Waals surface area contributed by atoms with Gasteiger partial charge in [0.15, 0.2) is 11.6 Å². The number of phenolic OH excluding ortho intramolecular Hbond substituents is 1. The third kappa shape index (κ3) is 3.21. The molecule has 3 rings (SSSR count). The second kappa shape index (κ2) is 6.93. The maximum absolute atomic E-state index is 10.1. The summed E-state index contributed by atoms with van der Waals surface area (Å²) in [5.41, 5.74) is 1.09. The lowest BCUT2D eigenvalue weighted by Crippen LogP contribution is -1.98. The van der Waals surface area contributed by atoms with Crippen LogP contribution in [0.15, 0.2) is 36.4 Å². The van der Waals surface area contributed by atoms with E-state index < -0.39 is 0 Å². The van der Waals surface area contributed by atoms with Crippen LogP contribution in [0.1, 0.15) is 0 Å².